The molecule has 4 rings (SSSR count). The number of H-pyrrole nitrogens is 1. The minimum atomic E-state index is 0.283. The van der Waals surface area contributed by atoms with E-state index in [0.717, 1.165) is 18.7 Å². The van der Waals surface area contributed by atoms with Crippen LogP contribution >= 0.6 is 0 Å². The number of nitrogens with one attached hydrogen (secondary N) is 1. The van der Waals surface area contributed by atoms with Crippen molar-refractivity contribution in [2.45, 2.75) is 18.8 Å². The van der Waals surface area contributed by atoms with E-state index in [1.54, 1.807) is 6.07 Å². The minimum absolute atomic E-state index is 0.283. The van der Waals surface area contributed by atoms with E-state index in [9.17, 15) is 0 Å². The zero-order valence-corrected chi connectivity index (χ0v) is 10.7. The average Bonchev–Trinajstić information content (AvgIpc) is 3.16. The molecule has 100 valence electrons. The Morgan fingerprint density at radius 1 is 1.20 bits per heavy atom. The standard InChI is InChI=1S/C14H13N5O/c15-12-7-11(17-18-12)14-16-13(19-20-14)10-5-8-3-1-2-4-9(8)6-10/h1-4,7,10H,5-6H2,(H3,15,17,18). The highest BCUT2D eigenvalue weighted by atomic mass is 16.5. The lowest BCUT2D eigenvalue weighted by atomic mass is 10.1. The van der Waals surface area contributed by atoms with E-state index in [-0.39, 0.29) is 5.92 Å². The van der Waals surface area contributed by atoms with Crippen LogP contribution in [-0.4, -0.2) is 20.3 Å². The van der Waals surface area contributed by atoms with Crippen molar-refractivity contribution in [3.05, 3.63) is 47.3 Å². The first-order valence-electron chi connectivity index (χ1n) is 6.51. The molecule has 0 spiro atoms. The number of aromatic amines is 1. The molecule has 0 unspecified atom stereocenters. The largest absolute Gasteiger partial charge is 0.382 e. The monoisotopic (exact) mass is 267 g/mol. The molecule has 1 aliphatic carbocycles. The number of aromatic nitrogens is 4. The van der Waals surface area contributed by atoms with Gasteiger partial charge in [0.1, 0.15) is 11.5 Å². The summed E-state index contributed by atoms with van der Waals surface area (Å²) >= 11 is 0. The molecule has 2 heterocycles. The Hall–Kier alpha value is -2.63. The summed E-state index contributed by atoms with van der Waals surface area (Å²) in [6.07, 6.45) is 1.92. The Morgan fingerprint density at radius 2 is 1.95 bits per heavy atom. The molecule has 0 saturated heterocycles. The number of nitrogen functional groups attached to an aromatic ring is 1. The summed E-state index contributed by atoms with van der Waals surface area (Å²) in [7, 11) is 0. The third kappa shape index (κ3) is 1.77. The van der Waals surface area contributed by atoms with Crippen molar-refractivity contribution < 1.29 is 4.52 Å². The molecule has 0 aliphatic heterocycles. The average molecular weight is 267 g/mol. The second-order valence-electron chi connectivity index (χ2n) is 5.04. The molecule has 0 radical (unpaired) electrons. The molecule has 0 atom stereocenters. The van der Waals surface area contributed by atoms with Gasteiger partial charge in [-0.05, 0) is 24.0 Å². The first-order chi connectivity index (χ1) is 9.79. The van der Waals surface area contributed by atoms with Gasteiger partial charge in [0.05, 0.1) is 0 Å². The van der Waals surface area contributed by atoms with Gasteiger partial charge in [0, 0.05) is 12.0 Å². The molecule has 0 amide bonds. The van der Waals surface area contributed by atoms with Crippen molar-refractivity contribution in [1.82, 2.24) is 20.3 Å². The second-order valence-corrected chi connectivity index (χ2v) is 5.04. The van der Waals surface area contributed by atoms with Crippen molar-refractivity contribution in [2.75, 3.05) is 5.73 Å². The van der Waals surface area contributed by atoms with Crippen LogP contribution in [0.15, 0.2) is 34.9 Å². The molecule has 6 nitrogen and oxygen atoms in total. The van der Waals surface area contributed by atoms with Gasteiger partial charge in [-0.15, -0.1) is 0 Å². The molecule has 0 bridgehead atoms. The maximum absolute atomic E-state index is 5.57. The third-order valence-electron chi connectivity index (χ3n) is 3.69. The van der Waals surface area contributed by atoms with Gasteiger partial charge in [0.25, 0.3) is 5.89 Å². The third-order valence-corrected chi connectivity index (χ3v) is 3.69. The van der Waals surface area contributed by atoms with Gasteiger partial charge in [-0.2, -0.15) is 10.1 Å². The number of nitrogens with two attached hydrogens (primary N) is 1. The smallest absolute Gasteiger partial charge is 0.276 e. The van der Waals surface area contributed by atoms with Crippen LogP contribution in [0.1, 0.15) is 22.9 Å². The number of anilines is 1. The predicted molar refractivity (Wildman–Crippen MR) is 72.9 cm³/mol. The molecule has 1 aromatic carbocycles. The Bertz CT molecular complexity index is 735. The molecule has 6 heteroatoms. The predicted octanol–water partition coefficient (Wildman–Crippen LogP) is 1.92. The Labute approximate surface area is 115 Å². The summed E-state index contributed by atoms with van der Waals surface area (Å²) in [5.41, 5.74) is 8.96. The Balaban J connectivity index is 1.61. The fourth-order valence-electron chi connectivity index (χ4n) is 2.70. The van der Waals surface area contributed by atoms with Crippen LogP contribution in [0.2, 0.25) is 0 Å². The number of nitrogens with zero attached hydrogens (tertiary/aromatic N) is 3. The molecular weight excluding hydrogens is 254 g/mol. The van der Waals surface area contributed by atoms with E-state index in [0.29, 0.717) is 17.4 Å². The van der Waals surface area contributed by atoms with Crippen LogP contribution < -0.4 is 5.73 Å². The van der Waals surface area contributed by atoms with Gasteiger partial charge in [0.15, 0.2) is 5.82 Å². The van der Waals surface area contributed by atoms with Gasteiger partial charge in [-0.3, -0.25) is 5.10 Å². The van der Waals surface area contributed by atoms with Crippen molar-refractivity contribution in [3.8, 4) is 11.6 Å². The minimum Gasteiger partial charge on any atom is -0.382 e. The summed E-state index contributed by atoms with van der Waals surface area (Å²) in [5, 5.41) is 10.7. The van der Waals surface area contributed by atoms with Crippen molar-refractivity contribution in [3.63, 3.8) is 0 Å². The summed E-state index contributed by atoms with van der Waals surface area (Å²) in [4.78, 5) is 4.45. The van der Waals surface area contributed by atoms with E-state index >= 15 is 0 Å². The fourth-order valence-corrected chi connectivity index (χ4v) is 2.70. The molecule has 2 aromatic heterocycles. The normalized spacial score (nSPS) is 14.6. The molecule has 3 N–H and O–H groups in total. The van der Waals surface area contributed by atoms with Crippen LogP contribution in [0.4, 0.5) is 5.82 Å². The maximum atomic E-state index is 5.57. The van der Waals surface area contributed by atoms with Crippen LogP contribution in [0.5, 0.6) is 0 Å². The fraction of sp³-hybridized carbons (Fsp3) is 0.214. The van der Waals surface area contributed by atoms with Crippen molar-refractivity contribution in [1.29, 1.82) is 0 Å². The van der Waals surface area contributed by atoms with E-state index in [2.05, 4.69) is 44.6 Å². The lowest BCUT2D eigenvalue weighted by molar-refractivity contribution is 0.415. The van der Waals surface area contributed by atoms with Crippen LogP contribution in [0, 0.1) is 0 Å². The van der Waals surface area contributed by atoms with Crippen molar-refractivity contribution >= 4 is 5.82 Å². The van der Waals surface area contributed by atoms with Gasteiger partial charge in [0.2, 0.25) is 0 Å². The van der Waals surface area contributed by atoms with Gasteiger partial charge in [-0.1, -0.05) is 29.4 Å². The van der Waals surface area contributed by atoms with E-state index in [4.69, 9.17) is 10.3 Å². The highest BCUT2D eigenvalue weighted by Crippen LogP contribution is 2.33. The molecule has 1 aliphatic rings. The Kier molecular flexibility index (Phi) is 2.35. The van der Waals surface area contributed by atoms with E-state index < -0.39 is 0 Å². The summed E-state index contributed by atoms with van der Waals surface area (Å²) < 4.78 is 5.29. The lowest BCUT2D eigenvalue weighted by Gasteiger charge is -2.00. The number of fused-ring (bicyclic) bond motifs is 1. The van der Waals surface area contributed by atoms with Crippen LogP contribution in [0.3, 0.4) is 0 Å². The SMILES string of the molecule is Nc1cc(-c2nc(C3Cc4ccccc4C3)no2)[nH]n1. The highest BCUT2D eigenvalue weighted by Gasteiger charge is 2.27. The number of hydrogen-bond acceptors (Lipinski definition) is 5. The van der Waals surface area contributed by atoms with Crippen LogP contribution in [-0.2, 0) is 12.8 Å². The first-order valence-corrected chi connectivity index (χ1v) is 6.51. The molecule has 0 fully saturated rings. The molecule has 3 aromatic rings. The topological polar surface area (TPSA) is 93.6 Å². The highest BCUT2D eigenvalue weighted by molar-refractivity contribution is 5.52. The zero-order chi connectivity index (χ0) is 13.5. The first kappa shape index (κ1) is 11.2. The summed E-state index contributed by atoms with van der Waals surface area (Å²) in [6, 6.07) is 10.1. The molecule has 0 saturated carbocycles. The van der Waals surface area contributed by atoms with Crippen LogP contribution in [0.25, 0.3) is 11.6 Å². The Morgan fingerprint density at radius 3 is 2.60 bits per heavy atom. The van der Waals surface area contributed by atoms with Gasteiger partial charge in [-0.25, -0.2) is 0 Å². The van der Waals surface area contributed by atoms with Gasteiger partial charge < -0.3 is 10.3 Å². The number of rotatable bonds is 2. The number of benzene rings is 1. The molecule has 20 heavy (non-hydrogen) atoms. The summed E-state index contributed by atoms with van der Waals surface area (Å²) in [6.45, 7) is 0. The zero-order valence-electron chi connectivity index (χ0n) is 10.7. The second kappa shape index (κ2) is 4.19. The number of hydrogen-bond donors (Lipinski definition) is 2. The van der Waals surface area contributed by atoms with Gasteiger partial charge >= 0.3 is 0 Å². The maximum Gasteiger partial charge on any atom is 0.276 e. The summed E-state index contributed by atoms with van der Waals surface area (Å²) in [5.74, 6) is 1.86. The lowest BCUT2D eigenvalue weighted by Crippen LogP contribution is -2.00. The van der Waals surface area contributed by atoms with E-state index in [1.165, 1.54) is 11.1 Å². The van der Waals surface area contributed by atoms with E-state index in [1.807, 2.05) is 0 Å². The van der Waals surface area contributed by atoms with Crippen molar-refractivity contribution in [2.24, 2.45) is 0 Å². The quantitative estimate of drug-likeness (QED) is 0.739. The molecular formula is C14H13N5O.